The maximum absolute atomic E-state index is 13.2. The van der Waals surface area contributed by atoms with Gasteiger partial charge in [-0.15, -0.1) is 0 Å². The van der Waals surface area contributed by atoms with Gasteiger partial charge in [0.05, 0.1) is 16.8 Å². The molecule has 0 saturated heterocycles. The molecule has 2 heterocycles. The third-order valence-electron chi connectivity index (χ3n) is 4.57. The van der Waals surface area contributed by atoms with E-state index in [0.717, 1.165) is 11.8 Å². The van der Waals surface area contributed by atoms with Crippen LogP contribution in [0.2, 0.25) is 0 Å². The van der Waals surface area contributed by atoms with Crippen LogP contribution >= 0.6 is 0 Å². The van der Waals surface area contributed by atoms with Crippen LogP contribution < -0.4 is 5.56 Å². The quantitative estimate of drug-likeness (QED) is 0.884. The highest BCUT2D eigenvalue weighted by molar-refractivity contribution is 5.30. The number of H-pyrrole nitrogens is 1. The number of fused-ring (bicyclic) bond motifs is 1. The third-order valence-corrected chi connectivity index (χ3v) is 4.57. The normalized spacial score (nSPS) is 15.8. The van der Waals surface area contributed by atoms with Crippen LogP contribution in [0.4, 0.5) is 13.2 Å². The number of halogens is 3. The first-order valence-electron chi connectivity index (χ1n) is 8.55. The molecule has 4 nitrogen and oxygen atoms in total. The summed E-state index contributed by atoms with van der Waals surface area (Å²) >= 11 is 0. The van der Waals surface area contributed by atoms with Gasteiger partial charge in [0.1, 0.15) is 5.82 Å². The molecule has 1 aliphatic rings. The molecule has 0 bridgehead atoms. The van der Waals surface area contributed by atoms with E-state index in [0.29, 0.717) is 30.9 Å². The van der Waals surface area contributed by atoms with Crippen LogP contribution in [0.25, 0.3) is 0 Å². The first-order valence-corrected chi connectivity index (χ1v) is 8.55. The molecule has 0 amide bonds. The molecule has 2 aromatic rings. The molecule has 0 radical (unpaired) electrons. The van der Waals surface area contributed by atoms with Gasteiger partial charge in [-0.2, -0.15) is 13.2 Å². The second-order valence-electron chi connectivity index (χ2n) is 7.71. The highest BCUT2D eigenvalue weighted by Crippen LogP contribution is 2.33. The smallest absolute Gasteiger partial charge is 0.310 e. The molecule has 0 atom stereocenters. The van der Waals surface area contributed by atoms with Gasteiger partial charge in [-0.05, 0) is 11.6 Å². The Morgan fingerprint density at radius 2 is 1.88 bits per heavy atom. The Bertz CT molecular complexity index is 866. The predicted octanol–water partition coefficient (Wildman–Crippen LogP) is 3.64. The Morgan fingerprint density at radius 1 is 1.19 bits per heavy atom. The van der Waals surface area contributed by atoms with Gasteiger partial charge in [0, 0.05) is 31.5 Å². The zero-order valence-electron chi connectivity index (χ0n) is 15.1. The zero-order chi connectivity index (χ0) is 19.1. The number of hydrogen-bond acceptors (Lipinski definition) is 3. The Balaban J connectivity index is 1.86. The van der Waals surface area contributed by atoms with E-state index >= 15 is 0 Å². The number of hydrogen-bond donors (Lipinski definition) is 1. The summed E-state index contributed by atoms with van der Waals surface area (Å²) in [5.74, 6) is 0.636. The first kappa shape index (κ1) is 18.6. The van der Waals surface area contributed by atoms with Crippen molar-refractivity contribution in [2.24, 2.45) is 0 Å². The van der Waals surface area contributed by atoms with Crippen LogP contribution in [-0.2, 0) is 31.1 Å². The molecule has 1 aliphatic heterocycles. The molecule has 0 aliphatic carbocycles. The molecule has 1 N–H and O–H groups in total. The van der Waals surface area contributed by atoms with Crippen molar-refractivity contribution in [2.75, 3.05) is 6.54 Å². The minimum Gasteiger partial charge on any atom is -0.310 e. The van der Waals surface area contributed by atoms with Crippen molar-refractivity contribution in [3.05, 3.63) is 62.8 Å². The molecule has 140 valence electrons. The second kappa shape index (κ2) is 6.54. The monoisotopic (exact) mass is 365 g/mol. The first-order chi connectivity index (χ1) is 12.1. The third kappa shape index (κ3) is 3.82. The van der Waals surface area contributed by atoms with Crippen molar-refractivity contribution >= 4 is 0 Å². The molecule has 0 spiro atoms. The summed E-state index contributed by atoms with van der Waals surface area (Å²) in [5, 5.41) is 0. The SMILES string of the molecule is CC(C)(C)c1nc2c(c(=O)[nH]1)CN(Cc1ccccc1C(F)(F)F)CC2. The summed E-state index contributed by atoms with van der Waals surface area (Å²) in [7, 11) is 0. The number of alkyl halides is 3. The fraction of sp³-hybridized carbons (Fsp3) is 0.474. The van der Waals surface area contributed by atoms with Crippen molar-refractivity contribution in [3.8, 4) is 0 Å². The van der Waals surface area contributed by atoms with Gasteiger partial charge in [0.25, 0.3) is 5.56 Å². The maximum Gasteiger partial charge on any atom is 0.416 e. The van der Waals surface area contributed by atoms with Crippen molar-refractivity contribution in [3.63, 3.8) is 0 Å². The van der Waals surface area contributed by atoms with E-state index < -0.39 is 11.7 Å². The number of aromatic nitrogens is 2. The molecule has 0 saturated carbocycles. The standard InChI is InChI=1S/C19H22F3N3O/c1-18(2,3)17-23-15-8-9-25(11-13(15)16(26)24-17)10-12-6-4-5-7-14(12)19(20,21)22/h4-7H,8-11H2,1-3H3,(H,23,24,26). The van der Waals surface area contributed by atoms with Crippen LogP contribution in [0.15, 0.2) is 29.1 Å². The molecule has 1 aromatic heterocycles. The fourth-order valence-electron chi connectivity index (χ4n) is 3.15. The highest BCUT2D eigenvalue weighted by atomic mass is 19.4. The Hall–Kier alpha value is -2.15. The molecule has 1 aromatic carbocycles. The summed E-state index contributed by atoms with van der Waals surface area (Å²) in [6.45, 7) is 6.94. The highest BCUT2D eigenvalue weighted by Gasteiger charge is 2.33. The van der Waals surface area contributed by atoms with E-state index in [9.17, 15) is 18.0 Å². The van der Waals surface area contributed by atoms with Crippen LogP contribution in [-0.4, -0.2) is 21.4 Å². The number of benzene rings is 1. The Morgan fingerprint density at radius 3 is 2.54 bits per heavy atom. The van der Waals surface area contributed by atoms with Crippen molar-refractivity contribution < 1.29 is 13.2 Å². The summed E-state index contributed by atoms with van der Waals surface area (Å²) in [4.78, 5) is 21.7. The van der Waals surface area contributed by atoms with E-state index in [2.05, 4.69) is 9.97 Å². The van der Waals surface area contributed by atoms with Gasteiger partial charge >= 0.3 is 6.18 Å². The molecular weight excluding hydrogens is 343 g/mol. The molecule has 0 unspecified atom stereocenters. The van der Waals surface area contributed by atoms with Gasteiger partial charge in [-0.25, -0.2) is 4.98 Å². The van der Waals surface area contributed by atoms with Gasteiger partial charge in [0.2, 0.25) is 0 Å². The van der Waals surface area contributed by atoms with E-state index in [4.69, 9.17) is 0 Å². The van der Waals surface area contributed by atoms with E-state index in [-0.39, 0.29) is 23.1 Å². The largest absolute Gasteiger partial charge is 0.416 e. The minimum atomic E-state index is -4.38. The maximum atomic E-state index is 13.2. The fourth-order valence-corrected chi connectivity index (χ4v) is 3.15. The number of rotatable bonds is 2. The average molecular weight is 365 g/mol. The van der Waals surface area contributed by atoms with Crippen molar-refractivity contribution in [2.45, 2.75) is 51.9 Å². The molecular formula is C19H22F3N3O. The van der Waals surface area contributed by atoms with E-state index in [1.54, 1.807) is 6.07 Å². The van der Waals surface area contributed by atoms with Crippen LogP contribution in [0.5, 0.6) is 0 Å². The van der Waals surface area contributed by atoms with Gasteiger partial charge in [-0.3, -0.25) is 9.69 Å². The lowest BCUT2D eigenvalue weighted by atomic mass is 9.94. The summed E-state index contributed by atoms with van der Waals surface area (Å²) in [5.41, 5.74) is 0.429. The minimum absolute atomic E-state index is 0.148. The lowest BCUT2D eigenvalue weighted by Gasteiger charge is -2.29. The lowest BCUT2D eigenvalue weighted by Crippen LogP contribution is -2.37. The molecule has 7 heteroatoms. The summed E-state index contributed by atoms with van der Waals surface area (Å²) < 4.78 is 39.5. The summed E-state index contributed by atoms with van der Waals surface area (Å²) in [6.07, 6.45) is -3.83. The molecule has 3 rings (SSSR count). The van der Waals surface area contributed by atoms with Gasteiger partial charge in [0.15, 0.2) is 0 Å². The second-order valence-corrected chi connectivity index (χ2v) is 7.71. The average Bonchev–Trinajstić information content (AvgIpc) is 2.54. The number of nitrogens with zero attached hydrogens (tertiary/aromatic N) is 2. The van der Waals surface area contributed by atoms with Crippen LogP contribution in [0.1, 0.15) is 49.0 Å². The van der Waals surface area contributed by atoms with E-state index in [1.807, 2.05) is 25.7 Å². The summed E-state index contributed by atoms with van der Waals surface area (Å²) in [6, 6.07) is 5.58. The van der Waals surface area contributed by atoms with Crippen LogP contribution in [0.3, 0.4) is 0 Å². The zero-order valence-corrected chi connectivity index (χ0v) is 15.1. The number of aromatic amines is 1. The van der Waals surface area contributed by atoms with Crippen molar-refractivity contribution in [1.29, 1.82) is 0 Å². The Kier molecular flexibility index (Phi) is 4.69. The topological polar surface area (TPSA) is 49.0 Å². The lowest BCUT2D eigenvalue weighted by molar-refractivity contribution is -0.138. The Labute approximate surface area is 150 Å². The van der Waals surface area contributed by atoms with Crippen LogP contribution in [0, 0.1) is 0 Å². The predicted molar refractivity (Wildman–Crippen MR) is 92.8 cm³/mol. The van der Waals surface area contributed by atoms with Gasteiger partial charge in [-0.1, -0.05) is 39.0 Å². The molecule has 26 heavy (non-hydrogen) atoms. The van der Waals surface area contributed by atoms with Gasteiger partial charge < -0.3 is 4.98 Å². The van der Waals surface area contributed by atoms with E-state index in [1.165, 1.54) is 12.1 Å². The number of nitrogens with one attached hydrogen (secondary N) is 1. The van der Waals surface area contributed by atoms with Crippen molar-refractivity contribution in [1.82, 2.24) is 14.9 Å². The molecule has 0 fully saturated rings.